The normalized spacial score (nSPS) is 10.2. The Bertz CT molecular complexity index is 454. The lowest BCUT2D eigenvalue weighted by atomic mass is 10.1. The molecule has 0 aliphatic rings. The number of alkyl halides is 1. The highest BCUT2D eigenvalue weighted by Crippen LogP contribution is 2.21. The van der Waals surface area contributed by atoms with Gasteiger partial charge in [-0.3, -0.25) is 0 Å². The van der Waals surface area contributed by atoms with Crippen molar-refractivity contribution in [3.63, 3.8) is 0 Å². The van der Waals surface area contributed by atoms with E-state index in [4.69, 9.17) is 17.3 Å². The molecule has 2 aromatic rings. The maximum Gasteiger partial charge on any atom is 0.124 e. The monoisotopic (exact) mass is 218 g/mol. The standard InChI is InChI=1S/C12H11ClN2/c13-8-11-6-10(7-12(14)15-11)9-4-2-1-3-5-9/h1-7H,8H2,(H2,14,15). The molecule has 0 saturated carbocycles. The first-order valence-electron chi connectivity index (χ1n) is 4.67. The Balaban J connectivity index is 2.49. The van der Waals surface area contributed by atoms with Gasteiger partial charge in [0.05, 0.1) is 11.6 Å². The molecule has 0 fully saturated rings. The Morgan fingerprint density at radius 3 is 2.47 bits per heavy atom. The van der Waals surface area contributed by atoms with Crippen molar-refractivity contribution in [1.82, 2.24) is 4.98 Å². The summed E-state index contributed by atoms with van der Waals surface area (Å²) in [6.07, 6.45) is 0. The van der Waals surface area contributed by atoms with E-state index in [2.05, 4.69) is 4.98 Å². The number of rotatable bonds is 2. The average molecular weight is 219 g/mol. The molecular formula is C12H11ClN2. The van der Waals surface area contributed by atoms with E-state index in [1.165, 1.54) is 0 Å². The minimum absolute atomic E-state index is 0.380. The summed E-state index contributed by atoms with van der Waals surface area (Å²) < 4.78 is 0. The molecule has 0 amide bonds. The number of hydrogen-bond acceptors (Lipinski definition) is 2. The zero-order chi connectivity index (χ0) is 10.7. The zero-order valence-electron chi connectivity index (χ0n) is 8.15. The van der Waals surface area contributed by atoms with Crippen LogP contribution < -0.4 is 5.73 Å². The SMILES string of the molecule is Nc1cc(-c2ccccc2)cc(CCl)n1. The quantitative estimate of drug-likeness (QED) is 0.787. The molecule has 15 heavy (non-hydrogen) atoms. The highest BCUT2D eigenvalue weighted by molar-refractivity contribution is 6.16. The first-order chi connectivity index (χ1) is 7.29. The Morgan fingerprint density at radius 1 is 1.07 bits per heavy atom. The van der Waals surface area contributed by atoms with Crippen molar-refractivity contribution < 1.29 is 0 Å². The third-order valence-corrected chi connectivity index (χ3v) is 2.42. The van der Waals surface area contributed by atoms with Crippen LogP contribution in [0.3, 0.4) is 0 Å². The van der Waals surface area contributed by atoms with Crippen molar-refractivity contribution in [2.45, 2.75) is 5.88 Å². The van der Waals surface area contributed by atoms with Crippen molar-refractivity contribution in [2.24, 2.45) is 0 Å². The molecule has 0 radical (unpaired) electrons. The lowest BCUT2D eigenvalue weighted by Crippen LogP contribution is -1.94. The smallest absolute Gasteiger partial charge is 0.124 e. The number of nitrogens with two attached hydrogens (primary N) is 1. The minimum Gasteiger partial charge on any atom is -0.384 e. The molecule has 0 bridgehead atoms. The first-order valence-corrected chi connectivity index (χ1v) is 5.21. The molecule has 0 aliphatic carbocycles. The number of benzene rings is 1. The van der Waals surface area contributed by atoms with Crippen LogP contribution in [-0.2, 0) is 5.88 Å². The van der Waals surface area contributed by atoms with Crippen LogP contribution in [0.1, 0.15) is 5.69 Å². The Morgan fingerprint density at radius 2 is 1.80 bits per heavy atom. The second-order valence-corrected chi connectivity index (χ2v) is 3.54. The number of nitrogens with zero attached hydrogens (tertiary/aromatic N) is 1. The van der Waals surface area contributed by atoms with Gasteiger partial charge in [0.15, 0.2) is 0 Å². The molecule has 2 N–H and O–H groups in total. The molecule has 1 heterocycles. The number of anilines is 1. The van der Waals surface area contributed by atoms with Gasteiger partial charge in [-0.05, 0) is 23.3 Å². The molecule has 0 unspecified atom stereocenters. The van der Waals surface area contributed by atoms with E-state index >= 15 is 0 Å². The fourth-order valence-corrected chi connectivity index (χ4v) is 1.61. The molecule has 2 nitrogen and oxygen atoms in total. The van der Waals surface area contributed by atoms with Crippen molar-refractivity contribution >= 4 is 17.4 Å². The van der Waals surface area contributed by atoms with E-state index in [0.717, 1.165) is 16.8 Å². The largest absolute Gasteiger partial charge is 0.384 e. The molecule has 3 heteroatoms. The van der Waals surface area contributed by atoms with E-state index in [0.29, 0.717) is 11.7 Å². The Kier molecular flexibility index (Phi) is 2.88. The topological polar surface area (TPSA) is 38.9 Å². The van der Waals surface area contributed by atoms with Crippen LogP contribution in [0.25, 0.3) is 11.1 Å². The molecule has 0 atom stereocenters. The van der Waals surface area contributed by atoms with Gasteiger partial charge in [-0.15, -0.1) is 11.6 Å². The van der Waals surface area contributed by atoms with Crippen LogP contribution in [0.4, 0.5) is 5.82 Å². The average Bonchev–Trinajstić information content (AvgIpc) is 2.29. The van der Waals surface area contributed by atoms with Crippen LogP contribution in [0.2, 0.25) is 0 Å². The molecule has 2 rings (SSSR count). The van der Waals surface area contributed by atoms with E-state index in [9.17, 15) is 0 Å². The van der Waals surface area contributed by atoms with E-state index in [-0.39, 0.29) is 0 Å². The summed E-state index contributed by atoms with van der Waals surface area (Å²) in [5, 5.41) is 0. The molecule has 0 aliphatic heterocycles. The summed E-state index contributed by atoms with van der Waals surface area (Å²) in [6.45, 7) is 0. The van der Waals surface area contributed by atoms with Crippen molar-refractivity contribution in [3.05, 3.63) is 48.2 Å². The summed E-state index contributed by atoms with van der Waals surface area (Å²) in [5.74, 6) is 0.886. The maximum atomic E-state index is 5.74. The number of nitrogen functional groups attached to an aromatic ring is 1. The highest BCUT2D eigenvalue weighted by Gasteiger charge is 2.01. The first kappa shape index (κ1) is 9.99. The van der Waals surface area contributed by atoms with Gasteiger partial charge >= 0.3 is 0 Å². The molecule has 1 aromatic heterocycles. The van der Waals surface area contributed by atoms with Crippen LogP contribution in [0.5, 0.6) is 0 Å². The number of halogens is 1. The molecule has 0 saturated heterocycles. The summed E-state index contributed by atoms with van der Waals surface area (Å²) in [5.41, 5.74) is 8.68. The van der Waals surface area contributed by atoms with Crippen LogP contribution >= 0.6 is 11.6 Å². The van der Waals surface area contributed by atoms with Crippen molar-refractivity contribution in [1.29, 1.82) is 0 Å². The maximum absolute atomic E-state index is 5.74. The van der Waals surface area contributed by atoms with Gasteiger partial charge in [-0.25, -0.2) is 4.98 Å². The summed E-state index contributed by atoms with van der Waals surface area (Å²) >= 11 is 5.74. The predicted octanol–water partition coefficient (Wildman–Crippen LogP) is 3.07. The summed E-state index contributed by atoms with van der Waals surface area (Å²) in [6, 6.07) is 13.8. The Hall–Kier alpha value is -1.54. The fraction of sp³-hybridized carbons (Fsp3) is 0.0833. The van der Waals surface area contributed by atoms with Crippen LogP contribution in [0.15, 0.2) is 42.5 Å². The highest BCUT2D eigenvalue weighted by atomic mass is 35.5. The van der Waals surface area contributed by atoms with Gasteiger partial charge in [0.2, 0.25) is 0 Å². The minimum atomic E-state index is 0.380. The number of hydrogen-bond donors (Lipinski definition) is 1. The fourth-order valence-electron chi connectivity index (χ4n) is 1.48. The lowest BCUT2D eigenvalue weighted by Gasteiger charge is -2.04. The van der Waals surface area contributed by atoms with Crippen molar-refractivity contribution in [3.8, 4) is 11.1 Å². The van der Waals surface area contributed by atoms with Crippen molar-refractivity contribution in [2.75, 3.05) is 5.73 Å². The Labute approximate surface area is 93.7 Å². The predicted molar refractivity (Wildman–Crippen MR) is 63.6 cm³/mol. The second kappa shape index (κ2) is 4.32. The van der Waals surface area contributed by atoms with E-state index in [1.807, 2.05) is 42.5 Å². The number of aromatic nitrogens is 1. The van der Waals surface area contributed by atoms with Gasteiger partial charge in [-0.1, -0.05) is 30.3 Å². The van der Waals surface area contributed by atoms with Gasteiger partial charge < -0.3 is 5.73 Å². The van der Waals surface area contributed by atoms with Crippen LogP contribution in [0, 0.1) is 0 Å². The number of pyridine rings is 1. The van der Waals surface area contributed by atoms with Gasteiger partial charge in [0, 0.05) is 0 Å². The van der Waals surface area contributed by atoms with Gasteiger partial charge in [-0.2, -0.15) is 0 Å². The van der Waals surface area contributed by atoms with Gasteiger partial charge in [0.1, 0.15) is 5.82 Å². The third kappa shape index (κ3) is 2.28. The van der Waals surface area contributed by atoms with Gasteiger partial charge in [0.25, 0.3) is 0 Å². The molecule has 0 spiro atoms. The van der Waals surface area contributed by atoms with Crippen LogP contribution in [-0.4, -0.2) is 4.98 Å². The summed E-state index contributed by atoms with van der Waals surface area (Å²) in [4.78, 5) is 4.12. The van der Waals surface area contributed by atoms with E-state index < -0.39 is 0 Å². The molecule has 1 aromatic carbocycles. The third-order valence-electron chi connectivity index (χ3n) is 2.14. The molecular weight excluding hydrogens is 208 g/mol. The molecule has 76 valence electrons. The zero-order valence-corrected chi connectivity index (χ0v) is 8.91. The van der Waals surface area contributed by atoms with E-state index in [1.54, 1.807) is 0 Å². The lowest BCUT2D eigenvalue weighted by molar-refractivity contribution is 1.18. The second-order valence-electron chi connectivity index (χ2n) is 3.27. The summed E-state index contributed by atoms with van der Waals surface area (Å²) in [7, 11) is 0.